The van der Waals surface area contributed by atoms with Gasteiger partial charge in [0.2, 0.25) is 0 Å². The van der Waals surface area contributed by atoms with Gasteiger partial charge in [-0.2, -0.15) is 0 Å². The quantitative estimate of drug-likeness (QED) is 0.160. The molecule has 0 saturated heterocycles. The van der Waals surface area contributed by atoms with Gasteiger partial charge in [-0.05, 0) is 122 Å². The molecule has 0 saturated carbocycles. The molecule has 6 aromatic carbocycles. The second-order valence-electron chi connectivity index (χ2n) is 23.2. The molecule has 66 heavy (non-hydrogen) atoms. The minimum absolute atomic E-state index is 0.00373. The number of fused-ring (bicyclic) bond motifs is 4. The van der Waals surface area contributed by atoms with Gasteiger partial charge in [-0.1, -0.05) is 158 Å². The zero-order chi connectivity index (χ0) is 47.1. The Bertz CT molecular complexity index is 3080. The molecule has 338 valence electrons. The van der Waals surface area contributed by atoms with Crippen LogP contribution in [0.25, 0.3) is 27.6 Å². The van der Waals surface area contributed by atoms with Gasteiger partial charge in [-0.15, -0.1) is 0 Å². The first-order chi connectivity index (χ1) is 31.0. The molecule has 8 aromatic rings. The lowest BCUT2D eigenvalue weighted by atomic mass is 9.78. The Morgan fingerprint density at radius 1 is 0.409 bits per heavy atom. The average Bonchev–Trinajstić information content (AvgIpc) is 3.81. The smallest absolute Gasteiger partial charge is 0.137 e. The fourth-order valence-electron chi connectivity index (χ4n) is 9.38. The van der Waals surface area contributed by atoms with E-state index < -0.39 is 0 Å². The Morgan fingerprint density at radius 3 is 1.64 bits per heavy atom. The van der Waals surface area contributed by atoms with Gasteiger partial charge in [0.1, 0.15) is 24.0 Å². The number of rotatable bonds is 7. The van der Waals surface area contributed by atoms with Gasteiger partial charge in [0.15, 0.2) is 0 Å². The van der Waals surface area contributed by atoms with Crippen molar-refractivity contribution in [1.29, 1.82) is 0 Å². The van der Waals surface area contributed by atoms with Gasteiger partial charge in [-0.25, -0.2) is 4.98 Å². The Kier molecular flexibility index (Phi) is 10.8. The number of anilines is 4. The molecule has 0 unspecified atom stereocenters. The van der Waals surface area contributed by atoms with E-state index >= 15 is 0 Å². The van der Waals surface area contributed by atoms with Crippen LogP contribution < -0.4 is 14.5 Å². The molecule has 3 heterocycles. The number of ether oxygens (including phenoxy) is 1. The number of hydrogen-bond acceptors (Lipinski definition) is 4. The van der Waals surface area contributed by atoms with Gasteiger partial charge in [0, 0.05) is 45.9 Å². The molecule has 5 nitrogen and oxygen atoms in total. The lowest BCUT2D eigenvalue weighted by Gasteiger charge is -2.29. The van der Waals surface area contributed by atoms with E-state index in [0.717, 1.165) is 39.4 Å². The van der Waals surface area contributed by atoms with Crippen LogP contribution in [0.2, 0.25) is 0 Å². The number of benzene rings is 6. The first-order valence-corrected chi connectivity index (χ1v) is 23.7. The third-order valence-electron chi connectivity index (χ3n) is 13.8. The van der Waals surface area contributed by atoms with Crippen LogP contribution in [0.3, 0.4) is 0 Å². The first-order valence-electron chi connectivity index (χ1n) is 23.7. The zero-order valence-corrected chi connectivity index (χ0v) is 41.8. The SMILES string of the molecule is CC(C)(C)c1cc(N2CN(c3cccc(Oc4ccc5c6ccc(C(C)(C)c7ccccc7)cc6n(-c6cc(C(C)(C)C)ccn6)c5c4)c3)c3ccc(C(C)(C)C)cc32)cc(C(C)(C)C)c1. The highest BCUT2D eigenvalue weighted by molar-refractivity contribution is 6.09. The van der Waals surface area contributed by atoms with Crippen molar-refractivity contribution in [2.75, 3.05) is 16.5 Å². The standard InChI is InChI=1S/C61H68N4O/c1-57(2,3)41-24-28-52-55(34-41)64(47-32-44(59(7,8)9)31-45(33-47)60(10,11)12)39-63(52)46-21-18-22-48(37-46)66-49-25-27-51-50-26-23-43(61(13,14)40-19-16-15-17-20-40)35-53(50)65(54(51)38-49)56-36-42(29-30-62-56)58(4,5)6/h15-38H,39H2,1-14H3. The molecule has 0 aliphatic carbocycles. The fraction of sp³-hybridized carbons (Fsp3) is 0.328. The summed E-state index contributed by atoms with van der Waals surface area (Å²) < 4.78 is 9.21. The van der Waals surface area contributed by atoms with Crippen molar-refractivity contribution in [1.82, 2.24) is 9.55 Å². The summed E-state index contributed by atoms with van der Waals surface area (Å²) in [6.07, 6.45) is 1.95. The highest BCUT2D eigenvalue weighted by Gasteiger charge is 2.32. The minimum Gasteiger partial charge on any atom is -0.457 e. The highest BCUT2D eigenvalue weighted by atomic mass is 16.5. The van der Waals surface area contributed by atoms with Crippen LogP contribution in [0, 0.1) is 0 Å². The molecule has 0 spiro atoms. The average molecular weight is 873 g/mol. The van der Waals surface area contributed by atoms with Crippen molar-refractivity contribution in [3.63, 3.8) is 0 Å². The summed E-state index contributed by atoms with van der Waals surface area (Å²) in [6.45, 7) is 32.8. The van der Waals surface area contributed by atoms with E-state index in [1.807, 2.05) is 6.20 Å². The number of pyridine rings is 1. The predicted octanol–water partition coefficient (Wildman–Crippen LogP) is 16.7. The van der Waals surface area contributed by atoms with Crippen molar-refractivity contribution in [3.8, 4) is 17.3 Å². The summed E-state index contributed by atoms with van der Waals surface area (Å²) in [5.74, 6) is 2.45. The van der Waals surface area contributed by atoms with E-state index in [1.54, 1.807) is 0 Å². The van der Waals surface area contributed by atoms with Gasteiger partial charge in [0.25, 0.3) is 0 Å². The molecule has 0 fully saturated rings. The summed E-state index contributed by atoms with van der Waals surface area (Å²) in [5.41, 5.74) is 14.4. The van der Waals surface area contributed by atoms with Crippen LogP contribution in [0.1, 0.15) is 130 Å². The topological polar surface area (TPSA) is 33.5 Å². The molecule has 0 atom stereocenters. The van der Waals surface area contributed by atoms with Crippen LogP contribution in [0.4, 0.5) is 22.7 Å². The van der Waals surface area contributed by atoms with Crippen LogP contribution in [-0.4, -0.2) is 16.2 Å². The highest BCUT2D eigenvalue weighted by Crippen LogP contribution is 2.48. The molecule has 5 heteroatoms. The van der Waals surface area contributed by atoms with Crippen molar-refractivity contribution in [3.05, 3.63) is 179 Å². The molecule has 9 rings (SSSR count). The van der Waals surface area contributed by atoms with Crippen molar-refractivity contribution >= 4 is 44.6 Å². The van der Waals surface area contributed by atoms with E-state index in [0.29, 0.717) is 6.67 Å². The molecule has 0 amide bonds. The summed E-state index contributed by atoms with van der Waals surface area (Å²) in [7, 11) is 0. The van der Waals surface area contributed by atoms with Crippen molar-refractivity contribution < 1.29 is 4.74 Å². The normalized spacial score (nSPS) is 13.8. The third-order valence-corrected chi connectivity index (χ3v) is 13.8. The first kappa shape index (κ1) is 44.9. The summed E-state index contributed by atoms with van der Waals surface area (Å²) in [6, 6.07) is 51.4. The second-order valence-corrected chi connectivity index (χ2v) is 23.2. The van der Waals surface area contributed by atoms with Crippen LogP contribution in [0.15, 0.2) is 146 Å². The maximum Gasteiger partial charge on any atom is 0.137 e. The Labute approximate surface area is 394 Å². The summed E-state index contributed by atoms with van der Waals surface area (Å²) >= 11 is 0. The summed E-state index contributed by atoms with van der Waals surface area (Å²) in [4.78, 5) is 9.96. The van der Waals surface area contributed by atoms with Crippen molar-refractivity contribution in [2.24, 2.45) is 0 Å². The van der Waals surface area contributed by atoms with E-state index in [2.05, 4.69) is 251 Å². The largest absolute Gasteiger partial charge is 0.457 e. The molecule has 2 aromatic heterocycles. The van der Waals surface area contributed by atoms with Gasteiger partial charge >= 0.3 is 0 Å². The van der Waals surface area contributed by atoms with E-state index in [9.17, 15) is 0 Å². The van der Waals surface area contributed by atoms with Gasteiger partial charge in [0.05, 0.1) is 22.4 Å². The van der Waals surface area contributed by atoms with Crippen LogP contribution in [-0.2, 0) is 27.1 Å². The maximum absolute atomic E-state index is 6.88. The van der Waals surface area contributed by atoms with Gasteiger partial charge in [-0.3, -0.25) is 4.57 Å². The third kappa shape index (κ3) is 8.38. The number of hydrogen-bond donors (Lipinski definition) is 0. The summed E-state index contributed by atoms with van der Waals surface area (Å²) in [5, 5.41) is 2.34. The Hall–Kier alpha value is -6.33. The Morgan fingerprint density at radius 2 is 0.985 bits per heavy atom. The minimum atomic E-state index is -0.204. The van der Waals surface area contributed by atoms with Crippen molar-refractivity contribution in [2.45, 2.75) is 124 Å². The molecular weight excluding hydrogens is 805 g/mol. The van der Waals surface area contributed by atoms with E-state index in [-0.39, 0.29) is 27.1 Å². The number of nitrogens with zero attached hydrogens (tertiary/aromatic N) is 4. The van der Waals surface area contributed by atoms with Gasteiger partial charge < -0.3 is 14.5 Å². The number of aromatic nitrogens is 2. The predicted molar refractivity (Wildman–Crippen MR) is 280 cm³/mol. The van der Waals surface area contributed by atoms with Crippen LogP contribution >= 0.6 is 0 Å². The fourth-order valence-corrected chi connectivity index (χ4v) is 9.38. The Balaban J connectivity index is 1.13. The molecule has 0 N–H and O–H groups in total. The monoisotopic (exact) mass is 873 g/mol. The molecule has 0 bridgehead atoms. The lowest BCUT2D eigenvalue weighted by molar-refractivity contribution is 0.483. The lowest BCUT2D eigenvalue weighted by Crippen LogP contribution is -2.25. The molecular formula is C61H68N4O. The van der Waals surface area contributed by atoms with E-state index in [4.69, 9.17) is 9.72 Å². The van der Waals surface area contributed by atoms with Crippen LogP contribution in [0.5, 0.6) is 11.5 Å². The molecule has 1 aliphatic heterocycles. The maximum atomic E-state index is 6.88. The molecule has 1 aliphatic rings. The zero-order valence-electron chi connectivity index (χ0n) is 41.8. The molecule has 0 radical (unpaired) electrons. The second kappa shape index (κ2) is 15.9. The van der Waals surface area contributed by atoms with E-state index in [1.165, 1.54) is 55.8 Å².